The summed E-state index contributed by atoms with van der Waals surface area (Å²) in [5.41, 5.74) is 0.445. The molecule has 4 heteroatoms. The number of hydrogen-bond donors (Lipinski definition) is 0. The molecule has 0 atom stereocenters. The molecule has 0 bridgehead atoms. The fourth-order valence-corrected chi connectivity index (χ4v) is 1.26. The normalized spacial score (nSPS) is 17.9. The molecule has 0 aliphatic carbocycles. The molecule has 0 N–H and O–H groups in total. The largest absolute Gasteiger partial charge is 0.407 e. The molecule has 0 radical (unpaired) electrons. The Bertz CT molecular complexity index is 477. The second-order valence-electron chi connectivity index (χ2n) is 3.07. The highest BCUT2D eigenvalue weighted by atomic mass is 19.1. The third kappa shape index (κ3) is 1.93. The highest BCUT2D eigenvalue weighted by Gasteiger charge is 2.19. The fourth-order valence-electron chi connectivity index (χ4n) is 1.26. The van der Waals surface area contributed by atoms with Gasteiger partial charge in [-0.2, -0.15) is 0 Å². The van der Waals surface area contributed by atoms with Crippen LogP contribution < -0.4 is 0 Å². The third-order valence-electron chi connectivity index (χ3n) is 1.92. The Hall–Kier alpha value is -1.97. The second-order valence-corrected chi connectivity index (χ2v) is 3.07. The average molecular weight is 205 g/mol. The Morgan fingerprint density at radius 2 is 2.13 bits per heavy atom. The lowest BCUT2D eigenvalue weighted by atomic mass is 10.2. The van der Waals surface area contributed by atoms with Gasteiger partial charge in [0.2, 0.25) is 0 Å². The molecule has 0 amide bonds. The summed E-state index contributed by atoms with van der Waals surface area (Å²) < 4.78 is 17.9. The van der Waals surface area contributed by atoms with Crippen LogP contribution in [0.15, 0.2) is 35.0 Å². The first-order valence-electron chi connectivity index (χ1n) is 4.40. The first-order chi connectivity index (χ1) is 7.16. The van der Waals surface area contributed by atoms with E-state index in [-0.39, 0.29) is 11.6 Å². The minimum Gasteiger partial charge on any atom is -0.407 e. The molecule has 0 aromatic heterocycles. The number of benzene rings is 1. The van der Waals surface area contributed by atoms with E-state index in [0.29, 0.717) is 5.56 Å². The van der Waals surface area contributed by atoms with E-state index in [0.717, 1.165) is 0 Å². The molecular weight excluding hydrogens is 197 g/mol. The van der Waals surface area contributed by atoms with Crippen molar-refractivity contribution in [1.29, 1.82) is 0 Å². The number of halogens is 1. The maximum Gasteiger partial charge on any atom is 0.363 e. The van der Waals surface area contributed by atoms with Crippen LogP contribution in [0.2, 0.25) is 0 Å². The Kier molecular flexibility index (Phi) is 2.33. The van der Waals surface area contributed by atoms with Crippen molar-refractivity contribution in [3.05, 3.63) is 41.3 Å². The molecule has 1 aliphatic rings. The highest BCUT2D eigenvalue weighted by molar-refractivity contribution is 6.06. The Labute approximate surface area is 85.9 Å². The number of cyclic esters (lactones) is 1. The third-order valence-corrected chi connectivity index (χ3v) is 1.92. The van der Waals surface area contributed by atoms with E-state index in [1.54, 1.807) is 25.1 Å². The van der Waals surface area contributed by atoms with Gasteiger partial charge in [-0.15, -0.1) is 0 Å². The van der Waals surface area contributed by atoms with Crippen molar-refractivity contribution in [3.8, 4) is 0 Å². The number of carbonyl (C=O) groups is 1. The molecule has 2 rings (SSSR count). The zero-order valence-corrected chi connectivity index (χ0v) is 8.03. The Morgan fingerprint density at radius 1 is 1.40 bits per heavy atom. The molecule has 1 aliphatic heterocycles. The van der Waals surface area contributed by atoms with E-state index in [2.05, 4.69) is 4.99 Å². The fraction of sp³-hybridized carbons (Fsp3) is 0.0909. The van der Waals surface area contributed by atoms with Gasteiger partial charge < -0.3 is 4.74 Å². The van der Waals surface area contributed by atoms with E-state index in [1.807, 2.05) is 0 Å². The zero-order chi connectivity index (χ0) is 10.8. The number of esters is 1. The highest BCUT2D eigenvalue weighted by Crippen LogP contribution is 2.16. The molecule has 1 aromatic carbocycles. The monoisotopic (exact) mass is 205 g/mol. The molecule has 76 valence electrons. The first-order valence-corrected chi connectivity index (χ1v) is 4.40. The zero-order valence-electron chi connectivity index (χ0n) is 8.03. The van der Waals surface area contributed by atoms with Crippen molar-refractivity contribution in [2.24, 2.45) is 4.99 Å². The number of ether oxygens (including phenoxy) is 1. The number of hydrogen-bond acceptors (Lipinski definition) is 3. The topological polar surface area (TPSA) is 38.7 Å². The number of carbonyl (C=O) groups excluding carboxylic acids is 1. The molecule has 15 heavy (non-hydrogen) atoms. The average Bonchev–Trinajstić information content (AvgIpc) is 2.49. The molecule has 0 saturated carbocycles. The summed E-state index contributed by atoms with van der Waals surface area (Å²) >= 11 is 0. The molecule has 1 aromatic rings. The molecular formula is C11H8FNO2. The van der Waals surface area contributed by atoms with E-state index in [4.69, 9.17) is 4.74 Å². The maximum atomic E-state index is 13.2. The van der Waals surface area contributed by atoms with E-state index in [9.17, 15) is 9.18 Å². The maximum absolute atomic E-state index is 13.2. The second kappa shape index (κ2) is 3.65. The molecule has 0 spiro atoms. The molecule has 0 unspecified atom stereocenters. The smallest absolute Gasteiger partial charge is 0.363 e. The summed E-state index contributed by atoms with van der Waals surface area (Å²) in [7, 11) is 0. The van der Waals surface area contributed by atoms with Gasteiger partial charge in [-0.3, -0.25) is 0 Å². The lowest BCUT2D eigenvalue weighted by Crippen LogP contribution is -2.00. The van der Waals surface area contributed by atoms with Gasteiger partial charge in [0.25, 0.3) is 0 Å². The van der Waals surface area contributed by atoms with Crippen LogP contribution in [0.5, 0.6) is 0 Å². The minimum atomic E-state index is -0.546. The summed E-state index contributed by atoms with van der Waals surface area (Å²) in [6.45, 7) is 1.57. The number of nitrogens with zero attached hydrogens (tertiary/aromatic N) is 1. The van der Waals surface area contributed by atoms with Gasteiger partial charge in [0.1, 0.15) is 5.82 Å². The van der Waals surface area contributed by atoms with Crippen LogP contribution in [0.25, 0.3) is 6.08 Å². The SMILES string of the molecule is CC1=NC(=Cc2ccccc2F)C(=O)O1. The van der Waals surface area contributed by atoms with Crippen LogP contribution in [0, 0.1) is 5.82 Å². The summed E-state index contributed by atoms with van der Waals surface area (Å²) in [6.07, 6.45) is 1.37. The van der Waals surface area contributed by atoms with Crippen molar-refractivity contribution in [1.82, 2.24) is 0 Å². The van der Waals surface area contributed by atoms with Crippen molar-refractivity contribution < 1.29 is 13.9 Å². The standard InChI is InChI=1S/C11H8FNO2/c1-7-13-10(11(14)15-7)6-8-4-2-3-5-9(8)12/h2-6H,1H3. The molecule has 0 saturated heterocycles. The van der Waals surface area contributed by atoms with Crippen LogP contribution >= 0.6 is 0 Å². The van der Waals surface area contributed by atoms with Gasteiger partial charge in [0.15, 0.2) is 11.6 Å². The lowest BCUT2D eigenvalue weighted by Gasteiger charge is -1.95. The Morgan fingerprint density at radius 3 is 2.73 bits per heavy atom. The van der Waals surface area contributed by atoms with Gasteiger partial charge in [0.05, 0.1) is 0 Å². The van der Waals surface area contributed by atoms with Crippen LogP contribution in [0.4, 0.5) is 4.39 Å². The van der Waals surface area contributed by atoms with Crippen LogP contribution in [-0.4, -0.2) is 11.9 Å². The van der Waals surface area contributed by atoms with E-state index >= 15 is 0 Å². The Balaban J connectivity index is 2.39. The number of rotatable bonds is 1. The van der Waals surface area contributed by atoms with Gasteiger partial charge in [-0.1, -0.05) is 18.2 Å². The number of aliphatic imine (C=N–C) groups is 1. The van der Waals surface area contributed by atoms with Crippen LogP contribution in [-0.2, 0) is 9.53 Å². The molecule has 1 heterocycles. The first kappa shape index (κ1) is 9.58. The van der Waals surface area contributed by atoms with Crippen molar-refractivity contribution in [3.63, 3.8) is 0 Å². The van der Waals surface area contributed by atoms with E-state index in [1.165, 1.54) is 12.1 Å². The van der Waals surface area contributed by atoms with Crippen LogP contribution in [0.1, 0.15) is 12.5 Å². The predicted molar refractivity (Wildman–Crippen MR) is 53.6 cm³/mol. The predicted octanol–water partition coefficient (Wildman–Crippen LogP) is 2.14. The van der Waals surface area contributed by atoms with Crippen molar-refractivity contribution >= 4 is 17.9 Å². The van der Waals surface area contributed by atoms with Gasteiger partial charge in [-0.05, 0) is 12.1 Å². The van der Waals surface area contributed by atoms with Gasteiger partial charge in [-0.25, -0.2) is 14.2 Å². The van der Waals surface area contributed by atoms with Crippen molar-refractivity contribution in [2.75, 3.05) is 0 Å². The molecule has 0 fully saturated rings. The summed E-state index contributed by atoms with van der Waals surface area (Å²) in [5, 5.41) is 0. The van der Waals surface area contributed by atoms with Gasteiger partial charge >= 0.3 is 5.97 Å². The summed E-state index contributed by atoms with van der Waals surface area (Å²) in [4.78, 5) is 15.0. The lowest BCUT2D eigenvalue weighted by molar-refractivity contribution is -0.130. The summed E-state index contributed by atoms with van der Waals surface area (Å²) in [6, 6.07) is 6.16. The summed E-state index contributed by atoms with van der Waals surface area (Å²) in [5.74, 6) is -0.657. The quantitative estimate of drug-likeness (QED) is 0.520. The molecule has 3 nitrogen and oxygen atoms in total. The van der Waals surface area contributed by atoms with Gasteiger partial charge in [0, 0.05) is 12.5 Å². The van der Waals surface area contributed by atoms with Crippen molar-refractivity contribution in [2.45, 2.75) is 6.92 Å². The van der Waals surface area contributed by atoms with Crippen LogP contribution in [0.3, 0.4) is 0 Å². The minimum absolute atomic E-state index is 0.123. The van der Waals surface area contributed by atoms with E-state index < -0.39 is 11.8 Å².